The van der Waals surface area contributed by atoms with Gasteiger partial charge in [-0.1, -0.05) is 0 Å². The quantitative estimate of drug-likeness (QED) is 0.464. The van der Waals surface area contributed by atoms with Gasteiger partial charge in [-0.2, -0.15) is 0 Å². The van der Waals surface area contributed by atoms with Crippen molar-refractivity contribution < 1.29 is 53.0 Å². The van der Waals surface area contributed by atoms with Crippen LogP contribution in [0.2, 0.25) is 0 Å². The molecule has 55 valence electrons. The Labute approximate surface area is 96.6 Å². The minimum atomic E-state index is -4.15. The predicted octanol–water partition coefficient (Wildman–Crippen LogP) is -0.928. The summed E-state index contributed by atoms with van der Waals surface area (Å²) in [5, 5.41) is 0. The molecule has 0 aromatic rings. The Balaban J connectivity index is -0.0000000417. The molecule has 9 heavy (non-hydrogen) atoms. The molecule has 2 N–H and O–H groups in total. The Morgan fingerprint density at radius 2 is 1.56 bits per heavy atom. The maximum absolute atomic E-state index is 9.47. The fraction of sp³-hybridized carbons (Fsp3) is 1.00. The van der Waals surface area contributed by atoms with Crippen LogP contribution in [0, 0.1) is 0 Å². The van der Waals surface area contributed by atoms with Gasteiger partial charge in [0.2, 0.25) is 0 Å². The van der Waals surface area contributed by atoms with Gasteiger partial charge in [0.15, 0.2) is 0 Å². The fourth-order valence-electron chi connectivity index (χ4n) is 0. The number of hydrogen-bond donors (Lipinski definition) is 2. The average molecular weight is 247 g/mol. The van der Waals surface area contributed by atoms with Gasteiger partial charge >= 0.3 is 37.4 Å². The summed E-state index contributed by atoms with van der Waals surface area (Å²) in [5.74, 6) is 0. The zero-order valence-electron chi connectivity index (χ0n) is 3.89. The van der Waals surface area contributed by atoms with Crippen LogP contribution in [0.1, 0.15) is 0 Å². The van der Waals surface area contributed by atoms with Gasteiger partial charge in [-0.05, 0) is 0 Å². The Bertz CT molecular complexity index is 84.6. The molecule has 8 heteroatoms. The van der Waals surface area contributed by atoms with Gasteiger partial charge in [0.25, 0.3) is 0 Å². The van der Waals surface area contributed by atoms with Crippen LogP contribution in [-0.2, 0) is 43.2 Å². The zero-order chi connectivity index (χ0) is 5.21. The third-order valence-electron chi connectivity index (χ3n) is 0.238. The van der Waals surface area contributed by atoms with Crippen molar-refractivity contribution in [2.45, 2.75) is 0 Å². The predicted molar refractivity (Wildman–Crippen MR) is 26.2 cm³/mol. The van der Waals surface area contributed by atoms with E-state index in [4.69, 9.17) is 9.79 Å². The number of phosphoric ester groups is 1. The molecule has 0 aliphatic carbocycles. The van der Waals surface area contributed by atoms with Crippen molar-refractivity contribution in [3.63, 3.8) is 0 Å². The first-order valence-corrected chi connectivity index (χ1v) is 2.70. The molecule has 0 amide bonds. The van der Waals surface area contributed by atoms with E-state index in [1.807, 2.05) is 0 Å². The van der Waals surface area contributed by atoms with Gasteiger partial charge in [0.05, 0.1) is 0 Å². The number of hydrogen-bond acceptors (Lipinski definition) is 2. The van der Waals surface area contributed by atoms with E-state index >= 15 is 0 Å². The molecule has 0 aliphatic rings. The Kier molecular flexibility index (Phi) is 25.3. The fourth-order valence-corrected chi connectivity index (χ4v) is 0. The summed E-state index contributed by atoms with van der Waals surface area (Å²) in [6, 6.07) is 0. The van der Waals surface area contributed by atoms with Crippen molar-refractivity contribution >= 4 is 37.4 Å². The Hall–Kier alpha value is 2.15. The second kappa shape index (κ2) is 10.1. The molecule has 0 bridgehead atoms. The molecule has 0 unspecified atom stereocenters. The molecular weight excluding hydrogens is 241 g/mol. The van der Waals surface area contributed by atoms with E-state index in [2.05, 4.69) is 4.52 Å². The van der Waals surface area contributed by atoms with Crippen LogP contribution in [0.4, 0.5) is 0 Å². The van der Waals surface area contributed by atoms with Crippen LogP contribution in [0.15, 0.2) is 0 Å². The van der Waals surface area contributed by atoms with Gasteiger partial charge in [0.1, 0.15) is 0 Å². The van der Waals surface area contributed by atoms with E-state index in [1.54, 1.807) is 0 Å². The van der Waals surface area contributed by atoms with Gasteiger partial charge in [-0.3, -0.25) is 4.52 Å². The summed E-state index contributed by atoms with van der Waals surface area (Å²) < 4.78 is 13.1. The summed E-state index contributed by atoms with van der Waals surface area (Å²) >= 11 is 0. The molecule has 0 rings (SSSR count). The first kappa shape index (κ1) is 22.5. The van der Waals surface area contributed by atoms with Gasteiger partial charge in [-0.25, -0.2) is 4.57 Å². The first-order valence-electron chi connectivity index (χ1n) is 1.17. The molecule has 4 nitrogen and oxygen atoms in total. The summed E-state index contributed by atoms with van der Waals surface area (Å²) in [4.78, 5) is 15.4. The SMILES string of the molecule is COP(=O)(O)O.[Fe].[Mn].[NaH]. The van der Waals surface area contributed by atoms with E-state index < -0.39 is 7.82 Å². The molecule has 0 saturated carbocycles. The molecular formula is CH6FeMnNaO4P. The first-order chi connectivity index (χ1) is 2.56. The molecule has 0 aromatic carbocycles. The Morgan fingerprint density at radius 1 is 1.44 bits per heavy atom. The van der Waals surface area contributed by atoms with E-state index in [0.29, 0.717) is 0 Å². The summed E-state index contributed by atoms with van der Waals surface area (Å²) in [6.07, 6.45) is 0. The van der Waals surface area contributed by atoms with Gasteiger partial charge in [0, 0.05) is 41.2 Å². The summed E-state index contributed by atoms with van der Waals surface area (Å²) in [7, 11) is -3.20. The molecule has 0 fully saturated rings. The number of rotatable bonds is 1. The van der Waals surface area contributed by atoms with Crippen molar-refractivity contribution in [3.05, 3.63) is 0 Å². The Morgan fingerprint density at radius 3 is 1.56 bits per heavy atom. The van der Waals surface area contributed by atoms with Crippen LogP contribution in [0.3, 0.4) is 0 Å². The van der Waals surface area contributed by atoms with Crippen LogP contribution in [-0.4, -0.2) is 46.5 Å². The second-order valence-electron chi connectivity index (χ2n) is 0.673. The third kappa shape index (κ3) is 25.4. The molecule has 1 radical (unpaired) electrons. The van der Waals surface area contributed by atoms with E-state index in [9.17, 15) is 4.57 Å². The van der Waals surface area contributed by atoms with Crippen LogP contribution < -0.4 is 0 Å². The molecule has 0 saturated heterocycles. The van der Waals surface area contributed by atoms with Gasteiger partial charge < -0.3 is 9.79 Å². The van der Waals surface area contributed by atoms with Crippen molar-refractivity contribution in [3.8, 4) is 0 Å². The average Bonchev–Trinajstić information content (AvgIpc) is 1.35. The van der Waals surface area contributed by atoms with E-state index in [0.717, 1.165) is 7.11 Å². The van der Waals surface area contributed by atoms with Crippen LogP contribution in [0.25, 0.3) is 0 Å². The molecule has 0 heterocycles. The monoisotopic (exact) mass is 247 g/mol. The van der Waals surface area contributed by atoms with E-state index in [-0.39, 0.29) is 63.7 Å². The summed E-state index contributed by atoms with van der Waals surface area (Å²) in [6.45, 7) is 0. The summed E-state index contributed by atoms with van der Waals surface area (Å²) in [5.41, 5.74) is 0. The third-order valence-corrected chi connectivity index (χ3v) is 0.714. The molecule has 0 aromatic heterocycles. The van der Waals surface area contributed by atoms with Crippen molar-refractivity contribution in [2.75, 3.05) is 7.11 Å². The standard InChI is InChI=1S/CH5O4P.Fe.Mn.Na.H/c1-5-6(2,3)4;;;;/h1H3,(H2,2,3,4);;;;. The zero-order valence-corrected chi connectivity index (χ0v) is 7.07. The molecule has 0 aliphatic heterocycles. The normalized spacial score (nSPS) is 7.89. The van der Waals surface area contributed by atoms with Crippen LogP contribution >= 0.6 is 7.82 Å². The number of phosphoric acid groups is 1. The second-order valence-corrected chi connectivity index (χ2v) is 2.02. The van der Waals surface area contributed by atoms with Crippen molar-refractivity contribution in [1.82, 2.24) is 0 Å². The van der Waals surface area contributed by atoms with E-state index in [1.165, 1.54) is 0 Å². The topological polar surface area (TPSA) is 66.8 Å². The van der Waals surface area contributed by atoms with Crippen LogP contribution in [0.5, 0.6) is 0 Å². The van der Waals surface area contributed by atoms with Crippen molar-refractivity contribution in [2.24, 2.45) is 0 Å². The van der Waals surface area contributed by atoms with Gasteiger partial charge in [-0.15, -0.1) is 0 Å². The molecule has 0 atom stereocenters. The van der Waals surface area contributed by atoms with Crippen molar-refractivity contribution in [1.29, 1.82) is 0 Å². The minimum absolute atomic E-state index is 0. The molecule has 0 spiro atoms. The maximum atomic E-state index is 9.47.